The summed E-state index contributed by atoms with van der Waals surface area (Å²) in [6.07, 6.45) is 1.39. The summed E-state index contributed by atoms with van der Waals surface area (Å²) in [7, 11) is 0. The Morgan fingerprint density at radius 3 is 1.64 bits per heavy atom. The lowest BCUT2D eigenvalue weighted by Crippen LogP contribution is -2.05. The Bertz CT molecular complexity index is 175. The maximum atomic E-state index is 10.3. The zero-order valence-electron chi connectivity index (χ0n) is 6.71. The van der Waals surface area contributed by atoms with Crippen molar-refractivity contribution in [2.75, 3.05) is 0 Å². The van der Waals surface area contributed by atoms with Crippen molar-refractivity contribution in [3.8, 4) is 0 Å². The van der Waals surface area contributed by atoms with Crippen LogP contribution in [0.25, 0.3) is 0 Å². The topological polar surface area (TPSA) is 52.6 Å². The SMILES string of the molecule is CC=C(OC(C)=O)OC(C)=O. The molecule has 0 amide bonds. The molecule has 0 aliphatic carbocycles. The Labute approximate surface area is 64.8 Å². The fraction of sp³-hybridized carbons (Fsp3) is 0.429. The summed E-state index contributed by atoms with van der Waals surface area (Å²) in [5.74, 6) is -1.11. The van der Waals surface area contributed by atoms with Crippen LogP contribution in [0.15, 0.2) is 12.0 Å². The molecule has 0 aromatic rings. The first-order valence-corrected chi connectivity index (χ1v) is 3.09. The van der Waals surface area contributed by atoms with Crippen molar-refractivity contribution >= 4 is 11.9 Å². The van der Waals surface area contributed by atoms with Gasteiger partial charge in [0.25, 0.3) is 5.95 Å². The molecule has 11 heavy (non-hydrogen) atoms. The van der Waals surface area contributed by atoms with Crippen molar-refractivity contribution in [1.82, 2.24) is 0 Å². The van der Waals surface area contributed by atoms with Crippen LogP contribution in [-0.4, -0.2) is 11.9 Å². The first-order valence-electron chi connectivity index (χ1n) is 3.09. The van der Waals surface area contributed by atoms with Crippen molar-refractivity contribution in [1.29, 1.82) is 0 Å². The van der Waals surface area contributed by atoms with E-state index >= 15 is 0 Å². The molecule has 0 rings (SSSR count). The molecule has 0 saturated heterocycles. The van der Waals surface area contributed by atoms with E-state index < -0.39 is 11.9 Å². The molecule has 62 valence electrons. The normalized spacial score (nSPS) is 8.27. The minimum absolute atomic E-state index is 0.0787. The number of ether oxygens (including phenoxy) is 2. The van der Waals surface area contributed by atoms with Gasteiger partial charge in [0.15, 0.2) is 0 Å². The highest BCUT2D eigenvalue weighted by Gasteiger charge is 2.03. The summed E-state index contributed by atoms with van der Waals surface area (Å²) in [5, 5.41) is 0. The van der Waals surface area contributed by atoms with Crippen LogP contribution in [0.5, 0.6) is 0 Å². The highest BCUT2D eigenvalue weighted by molar-refractivity contribution is 5.69. The largest absolute Gasteiger partial charge is 0.393 e. The summed E-state index contributed by atoms with van der Waals surface area (Å²) in [5.41, 5.74) is 0. The van der Waals surface area contributed by atoms with Gasteiger partial charge in [-0.2, -0.15) is 0 Å². The van der Waals surface area contributed by atoms with Crippen molar-refractivity contribution < 1.29 is 19.1 Å². The molecule has 4 nitrogen and oxygen atoms in total. The number of carbonyl (C=O) groups excluding carboxylic acids is 2. The molecule has 0 aliphatic rings. The molecule has 0 fully saturated rings. The van der Waals surface area contributed by atoms with Crippen LogP contribution in [0.1, 0.15) is 20.8 Å². The van der Waals surface area contributed by atoms with E-state index in [1.54, 1.807) is 6.92 Å². The number of allylic oxidation sites excluding steroid dienone is 1. The molecule has 0 aromatic carbocycles. The maximum Gasteiger partial charge on any atom is 0.310 e. The fourth-order valence-corrected chi connectivity index (χ4v) is 0.422. The summed E-state index contributed by atoms with van der Waals surface area (Å²) < 4.78 is 8.98. The second kappa shape index (κ2) is 4.49. The van der Waals surface area contributed by atoms with E-state index in [4.69, 9.17) is 0 Å². The summed E-state index contributed by atoms with van der Waals surface area (Å²) in [6, 6.07) is 0. The molecule has 0 atom stereocenters. The standard InChI is InChI=1S/C7H10O4/c1-4-7(10-5(2)8)11-6(3)9/h4H,1-3H3. The van der Waals surface area contributed by atoms with E-state index in [-0.39, 0.29) is 5.95 Å². The van der Waals surface area contributed by atoms with E-state index in [1.165, 1.54) is 19.9 Å². The Balaban J connectivity index is 3.99. The zero-order valence-corrected chi connectivity index (χ0v) is 6.71. The van der Waals surface area contributed by atoms with Gasteiger partial charge in [-0.3, -0.25) is 9.59 Å². The maximum absolute atomic E-state index is 10.3. The molecular formula is C7H10O4. The predicted molar refractivity (Wildman–Crippen MR) is 37.3 cm³/mol. The quantitative estimate of drug-likeness (QED) is 0.444. The predicted octanol–water partition coefficient (Wildman–Crippen LogP) is 0.974. The summed E-state index contributed by atoms with van der Waals surface area (Å²) in [4.78, 5) is 20.7. The van der Waals surface area contributed by atoms with Crippen molar-refractivity contribution in [3.63, 3.8) is 0 Å². The van der Waals surface area contributed by atoms with Gasteiger partial charge in [-0.25, -0.2) is 0 Å². The molecule has 0 saturated carbocycles. The van der Waals surface area contributed by atoms with Crippen LogP contribution >= 0.6 is 0 Å². The van der Waals surface area contributed by atoms with E-state index in [0.29, 0.717) is 0 Å². The van der Waals surface area contributed by atoms with Crippen molar-refractivity contribution in [2.45, 2.75) is 20.8 Å². The molecule has 4 heteroatoms. The van der Waals surface area contributed by atoms with E-state index in [9.17, 15) is 9.59 Å². The van der Waals surface area contributed by atoms with Gasteiger partial charge >= 0.3 is 11.9 Å². The minimum atomic E-state index is -0.514. The Morgan fingerprint density at radius 1 is 1.09 bits per heavy atom. The Morgan fingerprint density at radius 2 is 1.45 bits per heavy atom. The first kappa shape index (κ1) is 9.68. The summed E-state index contributed by atoms with van der Waals surface area (Å²) in [6.45, 7) is 4.06. The van der Waals surface area contributed by atoms with Crippen LogP contribution < -0.4 is 0 Å². The average Bonchev–Trinajstić information content (AvgIpc) is 1.84. The Kier molecular flexibility index (Phi) is 3.95. The molecule has 0 heterocycles. The molecule has 0 N–H and O–H groups in total. The fourth-order valence-electron chi connectivity index (χ4n) is 0.422. The van der Waals surface area contributed by atoms with Gasteiger partial charge in [0.2, 0.25) is 0 Å². The average molecular weight is 158 g/mol. The lowest BCUT2D eigenvalue weighted by atomic mass is 10.6. The molecule has 0 bridgehead atoms. The molecule has 0 spiro atoms. The highest BCUT2D eigenvalue weighted by Crippen LogP contribution is 1.99. The number of hydrogen-bond acceptors (Lipinski definition) is 4. The van der Waals surface area contributed by atoms with Crippen LogP contribution in [0.3, 0.4) is 0 Å². The van der Waals surface area contributed by atoms with Crippen molar-refractivity contribution in [3.05, 3.63) is 12.0 Å². The zero-order chi connectivity index (χ0) is 8.85. The monoisotopic (exact) mass is 158 g/mol. The number of hydrogen-bond donors (Lipinski definition) is 0. The Hall–Kier alpha value is -1.32. The third-order valence-corrected chi connectivity index (χ3v) is 0.724. The highest BCUT2D eigenvalue weighted by atomic mass is 16.7. The van der Waals surface area contributed by atoms with Crippen LogP contribution in [0.2, 0.25) is 0 Å². The van der Waals surface area contributed by atoms with Gasteiger partial charge in [-0.05, 0) is 13.0 Å². The van der Waals surface area contributed by atoms with Gasteiger partial charge in [0.05, 0.1) is 0 Å². The van der Waals surface area contributed by atoms with Gasteiger partial charge in [0.1, 0.15) is 0 Å². The van der Waals surface area contributed by atoms with Crippen LogP contribution in [-0.2, 0) is 19.1 Å². The smallest absolute Gasteiger partial charge is 0.310 e. The third-order valence-electron chi connectivity index (χ3n) is 0.724. The van der Waals surface area contributed by atoms with Gasteiger partial charge < -0.3 is 9.47 Å². The van der Waals surface area contributed by atoms with Gasteiger partial charge in [-0.15, -0.1) is 0 Å². The first-order chi connectivity index (χ1) is 5.06. The van der Waals surface area contributed by atoms with Gasteiger partial charge in [0, 0.05) is 13.8 Å². The van der Waals surface area contributed by atoms with E-state index in [2.05, 4.69) is 9.47 Å². The van der Waals surface area contributed by atoms with Crippen LogP contribution in [0.4, 0.5) is 0 Å². The van der Waals surface area contributed by atoms with Crippen LogP contribution in [0, 0.1) is 0 Å². The molecular weight excluding hydrogens is 148 g/mol. The number of esters is 2. The van der Waals surface area contributed by atoms with Gasteiger partial charge in [-0.1, -0.05) is 0 Å². The van der Waals surface area contributed by atoms with E-state index in [0.717, 1.165) is 0 Å². The van der Waals surface area contributed by atoms with E-state index in [1.807, 2.05) is 0 Å². The second-order valence-corrected chi connectivity index (χ2v) is 1.79. The lowest BCUT2D eigenvalue weighted by molar-refractivity contribution is -0.150. The minimum Gasteiger partial charge on any atom is -0.393 e. The molecule has 0 radical (unpaired) electrons. The number of rotatable bonds is 2. The summed E-state index contributed by atoms with van der Waals surface area (Å²) >= 11 is 0. The third kappa shape index (κ3) is 5.14. The molecule has 0 aliphatic heterocycles. The second-order valence-electron chi connectivity index (χ2n) is 1.79. The molecule has 0 aromatic heterocycles. The number of carbonyl (C=O) groups is 2. The lowest BCUT2D eigenvalue weighted by Gasteiger charge is -2.03. The van der Waals surface area contributed by atoms with Crippen molar-refractivity contribution in [2.24, 2.45) is 0 Å². The molecule has 0 unspecified atom stereocenters.